The molecule has 2 heterocycles. The van der Waals surface area contributed by atoms with Gasteiger partial charge in [0.25, 0.3) is 0 Å². The fraction of sp³-hybridized carbons (Fsp3) is 0.0149. The van der Waals surface area contributed by atoms with Crippen LogP contribution >= 0.6 is 11.3 Å². The van der Waals surface area contributed by atoms with Gasteiger partial charge in [-0.25, -0.2) is 0 Å². The van der Waals surface area contributed by atoms with Crippen molar-refractivity contribution < 1.29 is 4.74 Å². The molecule has 0 bridgehead atoms. The van der Waals surface area contributed by atoms with Gasteiger partial charge in [-0.05, 0) is 127 Å². The summed E-state index contributed by atoms with van der Waals surface area (Å²) in [5.74, 6) is 1.69. The monoisotopic (exact) mass is 907 g/mol. The molecule has 0 fully saturated rings. The van der Waals surface area contributed by atoms with Crippen LogP contribution in [0.5, 0.6) is 11.5 Å². The molecule has 1 aromatic heterocycles. The molecule has 15 rings (SSSR count). The Hall–Kier alpha value is -8.76. The number of ether oxygens (including phenoxy) is 1. The molecule has 0 N–H and O–H groups in total. The van der Waals surface area contributed by atoms with Crippen molar-refractivity contribution in [3.8, 4) is 78.3 Å². The predicted octanol–water partition coefficient (Wildman–Crippen LogP) is 18.6. The van der Waals surface area contributed by atoms with Crippen molar-refractivity contribution in [3.05, 3.63) is 271 Å². The second kappa shape index (κ2) is 15.1. The number of fused-ring (bicyclic) bond motifs is 21. The molecule has 2 nitrogen and oxygen atoms in total. The van der Waals surface area contributed by atoms with Gasteiger partial charge in [-0.2, -0.15) is 0 Å². The van der Waals surface area contributed by atoms with Gasteiger partial charge in [0.1, 0.15) is 11.5 Å². The zero-order chi connectivity index (χ0) is 45.9. The summed E-state index contributed by atoms with van der Waals surface area (Å²) >= 11 is 1.92. The molecule has 1 spiro atoms. The van der Waals surface area contributed by atoms with E-state index in [1.54, 1.807) is 0 Å². The van der Waals surface area contributed by atoms with E-state index in [1.165, 1.54) is 86.9 Å². The third-order valence-electron chi connectivity index (χ3n) is 15.1. The SMILES string of the molecule is c1ccc(-c2ccc(N(c3ccc4c(c3)-c3ccccc3-c3ccccc3O4)c3ccc4c(c3)C3(c5ccccc5-c5ccccc5-4)c4ccccc4-c4c3ccc3c4sc4ccccc43)cc2)cc1. The van der Waals surface area contributed by atoms with Crippen LogP contribution in [0.15, 0.2) is 249 Å². The van der Waals surface area contributed by atoms with Gasteiger partial charge < -0.3 is 9.64 Å². The van der Waals surface area contributed by atoms with E-state index in [4.69, 9.17) is 4.74 Å². The van der Waals surface area contributed by atoms with E-state index in [2.05, 4.69) is 254 Å². The molecule has 3 aliphatic rings. The largest absolute Gasteiger partial charge is 0.456 e. The van der Waals surface area contributed by atoms with Crippen LogP contribution < -0.4 is 9.64 Å². The Bertz CT molecular complexity index is 4110. The molecule has 0 saturated heterocycles. The zero-order valence-electron chi connectivity index (χ0n) is 37.9. The Morgan fingerprint density at radius 1 is 0.314 bits per heavy atom. The van der Waals surface area contributed by atoms with Gasteiger partial charge in [0.2, 0.25) is 0 Å². The van der Waals surface area contributed by atoms with Gasteiger partial charge in [0.05, 0.1) is 5.41 Å². The zero-order valence-corrected chi connectivity index (χ0v) is 38.8. The normalized spacial score (nSPS) is 14.5. The van der Waals surface area contributed by atoms with Crippen LogP contribution in [0, 0.1) is 0 Å². The third-order valence-corrected chi connectivity index (χ3v) is 16.3. The summed E-state index contributed by atoms with van der Waals surface area (Å²) in [4.78, 5) is 2.45. The van der Waals surface area contributed by atoms with Crippen molar-refractivity contribution in [3.63, 3.8) is 0 Å². The smallest absolute Gasteiger partial charge is 0.135 e. The Morgan fingerprint density at radius 3 is 1.61 bits per heavy atom. The standard InChI is InChI=1S/C67H41NOS/c1-2-16-42(17-3-1)43-30-32-44(33-31-43)68(45-35-39-63-57(40-45)50-21-7-6-20-49(50)53-23-10-14-28-62(53)69-63)46-34-36-52-48-19-5-4-18-47(48)51-22-8-12-26-58(51)67(61(52)41-46)59-27-13-9-25-56(59)65-60(67)38-37-55-54-24-11-15-29-64(54)70-66(55)65/h1-41H. The summed E-state index contributed by atoms with van der Waals surface area (Å²) in [7, 11) is 0. The summed E-state index contributed by atoms with van der Waals surface area (Å²) in [6, 6.07) is 92.0. The minimum absolute atomic E-state index is 0.660. The lowest BCUT2D eigenvalue weighted by Gasteiger charge is -2.36. The fourth-order valence-corrected chi connectivity index (χ4v) is 13.4. The van der Waals surface area contributed by atoms with Gasteiger partial charge in [0.15, 0.2) is 0 Å². The molecule has 0 amide bonds. The number of para-hydroxylation sites is 1. The molecular formula is C67H41NOS. The number of thiophene rings is 1. The lowest BCUT2D eigenvalue weighted by Crippen LogP contribution is -2.29. The Labute approximate surface area is 410 Å². The van der Waals surface area contributed by atoms with Crippen molar-refractivity contribution in [2.24, 2.45) is 0 Å². The number of nitrogens with zero attached hydrogens (tertiary/aromatic N) is 1. The highest BCUT2D eigenvalue weighted by molar-refractivity contribution is 7.26. The minimum Gasteiger partial charge on any atom is -0.456 e. The second-order valence-corrected chi connectivity index (χ2v) is 19.7. The van der Waals surface area contributed by atoms with E-state index >= 15 is 0 Å². The first-order valence-electron chi connectivity index (χ1n) is 24.1. The van der Waals surface area contributed by atoms with E-state index in [0.29, 0.717) is 0 Å². The fourth-order valence-electron chi connectivity index (χ4n) is 12.2. The molecule has 12 aromatic rings. The second-order valence-electron chi connectivity index (χ2n) is 18.7. The molecule has 0 saturated carbocycles. The number of rotatable bonds is 4. The van der Waals surface area contributed by atoms with Gasteiger partial charge in [-0.3, -0.25) is 0 Å². The van der Waals surface area contributed by atoms with Gasteiger partial charge in [-0.1, -0.05) is 194 Å². The molecule has 1 aliphatic heterocycles. The highest BCUT2D eigenvalue weighted by Gasteiger charge is 2.50. The highest BCUT2D eigenvalue weighted by Crippen LogP contribution is 2.64. The Morgan fingerprint density at radius 2 is 0.843 bits per heavy atom. The highest BCUT2D eigenvalue weighted by atomic mass is 32.1. The summed E-state index contributed by atoms with van der Waals surface area (Å²) in [5, 5.41) is 2.62. The van der Waals surface area contributed by atoms with E-state index in [9.17, 15) is 0 Å². The van der Waals surface area contributed by atoms with Gasteiger partial charge >= 0.3 is 0 Å². The van der Waals surface area contributed by atoms with Crippen LogP contribution in [-0.2, 0) is 5.41 Å². The van der Waals surface area contributed by atoms with Crippen LogP contribution in [0.3, 0.4) is 0 Å². The minimum atomic E-state index is -0.660. The molecule has 2 aliphatic carbocycles. The first-order chi connectivity index (χ1) is 34.7. The molecule has 1 atom stereocenters. The van der Waals surface area contributed by atoms with Crippen LogP contribution in [-0.4, -0.2) is 0 Å². The average Bonchev–Trinajstić information content (AvgIpc) is 3.88. The average molecular weight is 908 g/mol. The predicted molar refractivity (Wildman–Crippen MR) is 292 cm³/mol. The molecule has 0 radical (unpaired) electrons. The number of benzene rings is 11. The molecule has 326 valence electrons. The molecule has 11 aromatic carbocycles. The van der Waals surface area contributed by atoms with Crippen LogP contribution in [0.1, 0.15) is 22.3 Å². The van der Waals surface area contributed by atoms with E-state index < -0.39 is 5.41 Å². The maximum Gasteiger partial charge on any atom is 0.135 e. The van der Waals surface area contributed by atoms with E-state index in [-0.39, 0.29) is 0 Å². The van der Waals surface area contributed by atoms with Gasteiger partial charge in [-0.15, -0.1) is 11.3 Å². The number of anilines is 3. The summed E-state index contributed by atoms with van der Waals surface area (Å²) in [6.07, 6.45) is 0. The summed E-state index contributed by atoms with van der Waals surface area (Å²) in [6.45, 7) is 0. The van der Waals surface area contributed by atoms with Crippen LogP contribution in [0.2, 0.25) is 0 Å². The number of hydrogen-bond acceptors (Lipinski definition) is 3. The first-order valence-corrected chi connectivity index (χ1v) is 24.9. The van der Waals surface area contributed by atoms with Gasteiger partial charge in [0, 0.05) is 53.9 Å². The lowest BCUT2D eigenvalue weighted by atomic mass is 9.65. The van der Waals surface area contributed by atoms with E-state index in [1.807, 2.05) is 11.3 Å². The molecule has 3 heteroatoms. The third kappa shape index (κ3) is 5.55. The van der Waals surface area contributed by atoms with E-state index in [0.717, 1.165) is 50.8 Å². The Kier molecular flexibility index (Phi) is 8.48. The number of hydrogen-bond donors (Lipinski definition) is 0. The maximum absolute atomic E-state index is 6.81. The van der Waals surface area contributed by atoms with Crippen LogP contribution in [0.4, 0.5) is 17.1 Å². The summed E-state index contributed by atoms with van der Waals surface area (Å²) in [5.41, 5.74) is 22.1. The summed E-state index contributed by atoms with van der Waals surface area (Å²) < 4.78 is 9.47. The van der Waals surface area contributed by atoms with Crippen molar-refractivity contribution in [1.82, 2.24) is 0 Å². The topological polar surface area (TPSA) is 12.5 Å². The molecular weight excluding hydrogens is 867 g/mol. The molecule has 1 unspecified atom stereocenters. The van der Waals surface area contributed by atoms with Crippen molar-refractivity contribution in [1.29, 1.82) is 0 Å². The van der Waals surface area contributed by atoms with Crippen LogP contribution in [0.25, 0.3) is 86.9 Å². The quantitative estimate of drug-likeness (QED) is 0.174. The first kappa shape index (κ1) is 39.3. The van der Waals surface area contributed by atoms with Crippen molar-refractivity contribution in [2.75, 3.05) is 4.90 Å². The van der Waals surface area contributed by atoms with Crippen molar-refractivity contribution >= 4 is 48.6 Å². The molecule has 70 heavy (non-hydrogen) atoms. The van der Waals surface area contributed by atoms with Crippen molar-refractivity contribution in [2.45, 2.75) is 5.41 Å². The Balaban J connectivity index is 1.03. The maximum atomic E-state index is 6.81. The lowest BCUT2D eigenvalue weighted by molar-refractivity contribution is 0.488.